The number of benzene rings is 2. The summed E-state index contributed by atoms with van der Waals surface area (Å²) in [6.07, 6.45) is 2.96. The van der Waals surface area contributed by atoms with E-state index in [-0.39, 0.29) is 11.5 Å². The van der Waals surface area contributed by atoms with Gasteiger partial charge in [-0.15, -0.1) is 0 Å². The summed E-state index contributed by atoms with van der Waals surface area (Å²) in [5.74, 6) is 1.35. The van der Waals surface area contributed by atoms with Crippen molar-refractivity contribution in [3.63, 3.8) is 0 Å². The maximum Gasteiger partial charge on any atom is 0.166 e. The molecule has 0 bridgehead atoms. The molecule has 2 heterocycles. The fraction of sp³-hybridized carbons (Fsp3) is 0.263. The number of phenolic OH excluding ortho intramolecular Hbond substituents is 2. The Morgan fingerprint density at radius 3 is 2.62 bits per heavy atom. The molecule has 0 radical (unpaired) electrons. The first-order valence-electron chi connectivity index (χ1n) is 7.88. The molecule has 2 aliphatic rings. The van der Waals surface area contributed by atoms with Gasteiger partial charge in [-0.1, -0.05) is 6.07 Å². The van der Waals surface area contributed by atoms with Gasteiger partial charge in [-0.05, 0) is 41.8 Å². The molecule has 0 saturated heterocycles. The van der Waals surface area contributed by atoms with E-state index in [0.717, 1.165) is 35.4 Å². The lowest BCUT2D eigenvalue weighted by Gasteiger charge is -2.37. The second kappa shape index (κ2) is 5.37. The zero-order chi connectivity index (χ0) is 16.8. The van der Waals surface area contributed by atoms with Crippen molar-refractivity contribution < 1.29 is 19.7 Å². The molecule has 0 aliphatic carbocycles. The van der Waals surface area contributed by atoms with Crippen LogP contribution in [-0.4, -0.2) is 35.9 Å². The fourth-order valence-corrected chi connectivity index (χ4v) is 3.59. The molecule has 0 spiro atoms. The number of hydrogen-bond acceptors (Lipinski definition) is 5. The molecule has 0 fully saturated rings. The highest BCUT2D eigenvalue weighted by molar-refractivity contribution is 5.87. The number of rotatable bonds is 2. The standard InChI is InChI=1S/C19H19NO4/c1-23-18-8-12-5-6-20-10-14-11(3-4-16(21)19(14)24-2)7-15(20)13(12)9-17(18)22/h3-4,7-9,21-22H,5-6,10H2,1-2H3. The highest BCUT2D eigenvalue weighted by Gasteiger charge is 2.28. The van der Waals surface area contributed by atoms with Crippen LogP contribution in [0.25, 0.3) is 11.8 Å². The predicted octanol–water partition coefficient (Wildman–Crippen LogP) is 2.98. The number of methoxy groups -OCH3 is 2. The summed E-state index contributed by atoms with van der Waals surface area (Å²) in [5, 5.41) is 20.2. The van der Waals surface area contributed by atoms with Gasteiger partial charge < -0.3 is 24.6 Å². The average Bonchev–Trinajstić information content (AvgIpc) is 2.59. The molecule has 2 aromatic carbocycles. The molecule has 0 amide bonds. The van der Waals surface area contributed by atoms with Gasteiger partial charge in [0.25, 0.3) is 0 Å². The van der Waals surface area contributed by atoms with Crippen LogP contribution in [0, 0.1) is 0 Å². The number of ether oxygens (including phenoxy) is 2. The molecule has 24 heavy (non-hydrogen) atoms. The Kier molecular flexibility index (Phi) is 3.30. The van der Waals surface area contributed by atoms with Crippen molar-refractivity contribution >= 4 is 11.8 Å². The summed E-state index contributed by atoms with van der Waals surface area (Å²) in [4.78, 5) is 2.25. The topological polar surface area (TPSA) is 62.2 Å². The largest absolute Gasteiger partial charge is 0.504 e. The Labute approximate surface area is 140 Å². The minimum Gasteiger partial charge on any atom is -0.504 e. The van der Waals surface area contributed by atoms with Gasteiger partial charge in [-0.3, -0.25) is 0 Å². The van der Waals surface area contributed by atoms with Crippen molar-refractivity contribution in [1.29, 1.82) is 0 Å². The maximum absolute atomic E-state index is 10.1. The minimum absolute atomic E-state index is 0.146. The Bertz CT molecular complexity index is 857. The van der Waals surface area contributed by atoms with E-state index in [1.807, 2.05) is 12.1 Å². The van der Waals surface area contributed by atoms with Crippen LogP contribution in [0.5, 0.6) is 23.0 Å². The molecule has 2 aromatic rings. The quantitative estimate of drug-likeness (QED) is 0.889. The van der Waals surface area contributed by atoms with E-state index in [9.17, 15) is 10.2 Å². The monoisotopic (exact) mass is 325 g/mol. The van der Waals surface area contributed by atoms with E-state index in [1.54, 1.807) is 26.4 Å². The van der Waals surface area contributed by atoms with Gasteiger partial charge in [0.05, 0.1) is 14.2 Å². The molecule has 2 aliphatic heterocycles. The van der Waals surface area contributed by atoms with Crippen LogP contribution in [0.3, 0.4) is 0 Å². The highest BCUT2D eigenvalue weighted by atomic mass is 16.5. The van der Waals surface area contributed by atoms with Crippen molar-refractivity contribution in [2.24, 2.45) is 0 Å². The minimum atomic E-state index is 0.146. The van der Waals surface area contributed by atoms with Crippen LogP contribution in [0.4, 0.5) is 0 Å². The van der Waals surface area contributed by atoms with Gasteiger partial charge in [0.2, 0.25) is 0 Å². The van der Waals surface area contributed by atoms with Crippen molar-refractivity contribution in [2.75, 3.05) is 20.8 Å². The van der Waals surface area contributed by atoms with E-state index in [0.29, 0.717) is 18.0 Å². The van der Waals surface area contributed by atoms with Crippen LogP contribution >= 0.6 is 0 Å². The molecule has 5 nitrogen and oxygen atoms in total. The first-order chi connectivity index (χ1) is 11.6. The van der Waals surface area contributed by atoms with Crippen LogP contribution < -0.4 is 9.47 Å². The molecule has 4 rings (SSSR count). The third kappa shape index (κ3) is 2.08. The molecule has 124 valence electrons. The fourth-order valence-electron chi connectivity index (χ4n) is 3.59. The lowest BCUT2D eigenvalue weighted by Crippen LogP contribution is -2.31. The van der Waals surface area contributed by atoms with Crippen molar-refractivity contribution in [1.82, 2.24) is 4.90 Å². The van der Waals surface area contributed by atoms with E-state index >= 15 is 0 Å². The Hall–Kier alpha value is -2.82. The Balaban J connectivity index is 1.88. The summed E-state index contributed by atoms with van der Waals surface area (Å²) >= 11 is 0. The van der Waals surface area contributed by atoms with Crippen molar-refractivity contribution in [3.05, 3.63) is 46.5 Å². The first-order valence-corrected chi connectivity index (χ1v) is 7.88. The number of aromatic hydroxyl groups is 2. The van der Waals surface area contributed by atoms with E-state index in [2.05, 4.69) is 11.0 Å². The summed E-state index contributed by atoms with van der Waals surface area (Å²) in [5.41, 5.74) is 5.29. The van der Waals surface area contributed by atoms with Gasteiger partial charge in [0.15, 0.2) is 23.0 Å². The molecule has 0 atom stereocenters. The number of phenols is 2. The smallest absolute Gasteiger partial charge is 0.166 e. The van der Waals surface area contributed by atoms with Crippen molar-refractivity contribution in [2.45, 2.75) is 13.0 Å². The summed E-state index contributed by atoms with van der Waals surface area (Å²) in [6, 6.07) is 7.24. The van der Waals surface area contributed by atoms with Gasteiger partial charge in [0, 0.05) is 29.9 Å². The third-order valence-electron chi connectivity index (χ3n) is 4.79. The second-order valence-electron chi connectivity index (χ2n) is 6.07. The zero-order valence-corrected chi connectivity index (χ0v) is 13.7. The molecule has 0 saturated carbocycles. The van der Waals surface area contributed by atoms with Gasteiger partial charge in [-0.25, -0.2) is 0 Å². The maximum atomic E-state index is 10.1. The molecule has 2 N–H and O–H groups in total. The van der Waals surface area contributed by atoms with Crippen LogP contribution in [0.15, 0.2) is 24.3 Å². The number of nitrogens with zero attached hydrogens (tertiary/aromatic N) is 1. The van der Waals surface area contributed by atoms with Gasteiger partial charge >= 0.3 is 0 Å². The van der Waals surface area contributed by atoms with Crippen LogP contribution in [-0.2, 0) is 13.0 Å². The SMILES string of the molecule is COc1cc2c(cc1O)C1=Cc3ccc(O)c(OC)c3CN1CC2. The average molecular weight is 325 g/mol. The predicted molar refractivity (Wildman–Crippen MR) is 91.3 cm³/mol. The third-order valence-corrected chi connectivity index (χ3v) is 4.79. The highest BCUT2D eigenvalue weighted by Crippen LogP contribution is 2.44. The normalized spacial score (nSPS) is 15.1. The Morgan fingerprint density at radius 2 is 1.88 bits per heavy atom. The van der Waals surface area contributed by atoms with E-state index in [4.69, 9.17) is 9.47 Å². The molecule has 5 heteroatoms. The summed E-state index contributed by atoms with van der Waals surface area (Å²) in [6.45, 7) is 1.54. The second-order valence-corrected chi connectivity index (χ2v) is 6.07. The van der Waals surface area contributed by atoms with Gasteiger partial charge in [-0.2, -0.15) is 0 Å². The van der Waals surface area contributed by atoms with Crippen molar-refractivity contribution in [3.8, 4) is 23.0 Å². The zero-order valence-electron chi connectivity index (χ0n) is 13.7. The lowest BCUT2D eigenvalue weighted by molar-refractivity contribution is 0.341. The number of hydrogen-bond donors (Lipinski definition) is 2. The lowest BCUT2D eigenvalue weighted by atomic mass is 9.90. The summed E-state index contributed by atoms with van der Waals surface area (Å²) in [7, 11) is 3.13. The first kappa shape index (κ1) is 14.8. The number of fused-ring (bicyclic) bond motifs is 4. The molecular weight excluding hydrogens is 306 g/mol. The van der Waals surface area contributed by atoms with Crippen LogP contribution in [0.1, 0.15) is 22.3 Å². The Morgan fingerprint density at radius 1 is 1.04 bits per heavy atom. The van der Waals surface area contributed by atoms with E-state index < -0.39 is 0 Å². The molecule has 0 unspecified atom stereocenters. The summed E-state index contributed by atoms with van der Waals surface area (Å²) < 4.78 is 10.6. The van der Waals surface area contributed by atoms with Crippen LogP contribution in [0.2, 0.25) is 0 Å². The van der Waals surface area contributed by atoms with E-state index in [1.165, 1.54) is 5.56 Å². The molecule has 0 aromatic heterocycles. The molecular formula is C19H19NO4. The van der Waals surface area contributed by atoms with Gasteiger partial charge in [0.1, 0.15) is 0 Å².